The van der Waals surface area contributed by atoms with Crippen molar-refractivity contribution in [3.05, 3.63) is 194 Å². The number of aromatic nitrogens is 1. The fraction of sp³-hybridized carbons (Fsp3) is 0. The van der Waals surface area contributed by atoms with Crippen LogP contribution in [0.2, 0.25) is 0 Å². The molecule has 13 rings (SSSR count). The van der Waals surface area contributed by atoms with E-state index in [9.17, 15) is 0 Å². The Kier molecular flexibility index (Phi) is 6.78. The molecule has 0 N–H and O–H groups in total. The summed E-state index contributed by atoms with van der Waals surface area (Å²) in [4.78, 5) is 0. The molecule has 0 bridgehead atoms. The van der Waals surface area contributed by atoms with Gasteiger partial charge >= 0.3 is 6.92 Å². The van der Waals surface area contributed by atoms with Gasteiger partial charge in [0.25, 0.3) is 0 Å². The number of rotatable bonds is 4. The van der Waals surface area contributed by atoms with Gasteiger partial charge in [-0.3, -0.25) is 0 Å². The Morgan fingerprint density at radius 3 is 1.86 bits per heavy atom. The monoisotopic (exact) mass is 753 g/mol. The van der Waals surface area contributed by atoms with Crippen molar-refractivity contribution in [2.45, 2.75) is 0 Å². The van der Waals surface area contributed by atoms with E-state index in [2.05, 4.69) is 180 Å². The average Bonchev–Trinajstić information content (AvgIpc) is 3.84. The molecule has 9 aromatic carbocycles. The summed E-state index contributed by atoms with van der Waals surface area (Å²) in [6.45, 7) is -0.324. The van der Waals surface area contributed by atoms with Crippen molar-refractivity contribution in [1.82, 2.24) is 4.57 Å². The van der Waals surface area contributed by atoms with Crippen molar-refractivity contribution >= 4 is 61.6 Å². The summed E-state index contributed by atoms with van der Waals surface area (Å²) < 4.78 is 22.4. The molecule has 0 atom stereocenters. The lowest BCUT2D eigenvalue weighted by Gasteiger charge is -2.33. The highest BCUT2D eigenvalue weighted by Gasteiger charge is 2.41. The van der Waals surface area contributed by atoms with Gasteiger partial charge in [0.15, 0.2) is 0 Å². The van der Waals surface area contributed by atoms with Gasteiger partial charge in [0, 0.05) is 43.7 Å². The molecule has 0 radical (unpaired) electrons. The molecule has 0 amide bonds. The SMILES string of the molecule is c1cc(-c2cc3c4c(c2)-c2ccccc2OB4c2cc(-c4cccc(-n5c6ccccc6c6ccccc65)c4)ccc2O3)cc(-c2ccc3c(c2)oc2ccccc23)c1. The Morgan fingerprint density at radius 1 is 0.373 bits per heavy atom. The van der Waals surface area contributed by atoms with E-state index in [0.29, 0.717) is 0 Å². The Labute approximate surface area is 340 Å². The van der Waals surface area contributed by atoms with Crippen LogP contribution in [0.3, 0.4) is 0 Å². The highest BCUT2D eigenvalue weighted by atomic mass is 16.5. The maximum absolute atomic E-state index is 6.92. The lowest BCUT2D eigenvalue weighted by molar-refractivity contribution is 0.479. The third-order valence-corrected chi connectivity index (χ3v) is 12.3. The Hall–Kier alpha value is -7.76. The van der Waals surface area contributed by atoms with Crippen molar-refractivity contribution in [2.24, 2.45) is 0 Å². The van der Waals surface area contributed by atoms with Gasteiger partial charge in [0.05, 0.1) is 11.0 Å². The zero-order valence-electron chi connectivity index (χ0n) is 31.7. The molecule has 0 spiro atoms. The molecule has 0 fully saturated rings. The molecule has 59 heavy (non-hydrogen) atoms. The smallest absolute Gasteiger partial charge is 0.434 e. The molecule has 4 nitrogen and oxygen atoms in total. The molecular weight excluding hydrogens is 721 g/mol. The number of fused-ring (bicyclic) bond motifs is 10. The van der Waals surface area contributed by atoms with Crippen LogP contribution in [0, 0.1) is 0 Å². The van der Waals surface area contributed by atoms with Gasteiger partial charge in [-0.1, -0.05) is 121 Å². The van der Waals surface area contributed by atoms with Gasteiger partial charge in [-0.25, -0.2) is 0 Å². The number of hydrogen-bond acceptors (Lipinski definition) is 3. The number of para-hydroxylation sites is 4. The summed E-state index contributed by atoms with van der Waals surface area (Å²) in [7, 11) is 0. The van der Waals surface area contributed by atoms with E-state index in [1.165, 1.54) is 21.8 Å². The number of hydrogen-bond donors (Lipinski definition) is 0. The Bertz CT molecular complexity index is 3490. The van der Waals surface area contributed by atoms with E-state index in [1.54, 1.807) is 0 Å². The second-order valence-corrected chi connectivity index (χ2v) is 15.6. The summed E-state index contributed by atoms with van der Waals surface area (Å²) in [5, 5.41) is 4.76. The summed E-state index contributed by atoms with van der Waals surface area (Å²) in [5.74, 6) is 2.49. The second kappa shape index (κ2) is 12.4. The maximum Gasteiger partial charge on any atom is 0.434 e. The van der Waals surface area contributed by atoms with Gasteiger partial charge in [-0.15, -0.1) is 0 Å². The third kappa shape index (κ3) is 4.92. The standard InChI is InChI=1S/C54H32BNO3/c1-5-19-47-40(15-1)41-16-2-6-20-48(41)56(47)39-14-10-13-35(28-39)36-24-26-51-46(30-36)55-54-45(43-18-4-8-22-50(43)59-55)29-38(32-53(54)58-51)34-12-9-11-33(27-34)37-23-25-44-42-17-3-7-21-49(42)57-52(44)31-37/h1-32H. The fourth-order valence-corrected chi connectivity index (χ4v) is 9.52. The van der Waals surface area contributed by atoms with Crippen molar-refractivity contribution in [1.29, 1.82) is 0 Å². The zero-order chi connectivity index (χ0) is 38.6. The van der Waals surface area contributed by atoms with E-state index >= 15 is 0 Å². The first-order valence-corrected chi connectivity index (χ1v) is 20.1. The molecule has 2 aliphatic rings. The molecule has 2 aromatic heterocycles. The van der Waals surface area contributed by atoms with Gasteiger partial charge < -0.3 is 18.4 Å². The molecule has 5 heteroatoms. The summed E-state index contributed by atoms with van der Waals surface area (Å²) in [6, 6.07) is 68.9. The number of ether oxygens (including phenoxy) is 1. The molecule has 274 valence electrons. The number of nitrogens with zero attached hydrogens (tertiary/aromatic N) is 1. The minimum Gasteiger partial charge on any atom is -0.551 e. The topological polar surface area (TPSA) is 36.5 Å². The van der Waals surface area contributed by atoms with Crippen molar-refractivity contribution < 1.29 is 13.8 Å². The minimum absolute atomic E-state index is 0.324. The van der Waals surface area contributed by atoms with Crippen molar-refractivity contribution in [3.8, 4) is 67.4 Å². The van der Waals surface area contributed by atoms with Gasteiger partial charge in [-0.05, 0) is 112 Å². The predicted octanol–water partition coefficient (Wildman–Crippen LogP) is 13.0. The van der Waals surface area contributed by atoms with Crippen LogP contribution in [0.15, 0.2) is 199 Å². The molecule has 11 aromatic rings. The van der Waals surface area contributed by atoms with E-state index in [0.717, 1.165) is 100 Å². The average molecular weight is 754 g/mol. The first-order chi connectivity index (χ1) is 29.2. The zero-order valence-corrected chi connectivity index (χ0v) is 31.7. The van der Waals surface area contributed by atoms with E-state index < -0.39 is 0 Å². The van der Waals surface area contributed by atoms with Crippen LogP contribution >= 0.6 is 0 Å². The second-order valence-electron chi connectivity index (χ2n) is 15.6. The van der Waals surface area contributed by atoms with E-state index in [1.807, 2.05) is 18.2 Å². The van der Waals surface area contributed by atoms with Crippen LogP contribution < -0.4 is 20.3 Å². The van der Waals surface area contributed by atoms with Crippen LogP contribution in [0.5, 0.6) is 17.2 Å². The Balaban J connectivity index is 0.903. The largest absolute Gasteiger partial charge is 0.551 e. The maximum atomic E-state index is 6.92. The van der Waals surface area contributed by atoms with Crippen LogP contribution in [0.25, 0.3) is 93.9 Å². The molecule has 0 aliphatic carbocycles. The van der Waals surface area contributed by atoms with Gasteiger partial charge in [0.2, 0.25) is 0 Å². The minimum atomic E-state index is -0.324. The molecule has 2 aliphatic heterocycles. The number of benzene rings is 9. The summed E-state index contributed by atoms with van der Waals surface area (Å²) in [5.41, 5.74) is 16.2. The van der Waals surface area contributed by atoms with Crippen LogP contribution in [-0.2, 0) is 0 Å². The highest BCUT2D eigenvalue weighted by molar-refractivity contribution is 6.84. The van der Waals surface area contributed by atoms with Crippen LogP contribution in [-0.4, -0.2) is 11.5 Å². The van der Waals surface area contributed by atoms with Crippen LogP contribution in [0.1, 0.15) is 0 Å². The van der Waals surface area contributed by atoms with E-state index in [4.69, 9.17) is 13.8 Å². The molecule has 4 heterocycles. The van der Waals surface area contributed by atoms with E-state index in [-0.39, 0.29) is 6.92 Å². The van der Waals surface area contributed by atoms with Gasteiger partial charge in [-0.2, -0.15) is 0 Å². The lowest BCUT2D eigenvalue weighted by atomic mass is 9.50. The quantitative estimate of drug-likeness (QED) is 0.168. The molecule has 0 unspecified atom stereocenters. The first kappa shape index (κ1) is 32.3. The molecule has 0 saturated heterocycles. The lowest BCUT2D eigenvalue weighted by Crippen LogP contribution is -2.53. The third-order valence-electron chi connectivity index (χ3n) is 12.3. The normalized spacial score (nSPS) is 12.6. The van der Waals surface area contributed by atoms with Crippen LogP contribution in [0.4, 0.5) is 0 Å². The summed E-state index contributed by atoms with van der Waals surface area (Å²) >= 11 is 0. The molecular formula is C54H32BNO3. The Morgan fingerprint density at radius 2 is 1.02 bits per heavy atom. The van der Waals surface area contributed by atoms with Gasteiger partial charge in [0.1, 0.15) is 28.4 Å². The highest BCUT2D eigenvalue weighted by Crippen LogP contribution is 2.43. The first-order valence-electron chi connectivity index (χ1n) is 20.1. The summed E-state index contributed by atoms with van der Waals surface area (Å²) in [6.07, 6.45) is 0. The van der Waals surface area contributed by atoms with Crippen molar-refractivity contribution in [2.75, 3.05) is 0 Å². The predicted molar refractivity (Wildman–Crippen MR) is 242 cm³/mol. The molecule has 0 saturated carbocycles. The van der Waals surface area contributed by atoms with Crippen molar-refractivity contribution in [3.63, 3.8) is 0 Å². The number of furan rings is 1. The fourth-order valence-electron chi connectivity index (χ4n) is 9.52.